The van der Waals surface area contributed by atoms with E-state index in [1.165, 1.54) is 0 Å². The molecule has 1 heterocycles. The molecule has 2 aromatic rings. The lowest BCUT2D eigenvalue weighted by Gasteiger charge is -2.14. The van der Waals surface area contributed by atoms with Gasteiger partial charge in [-0.25, -0.2) is 4.99 Å². The van der Waals surface area contributed by atoms with Crippen LogP contribution in [0.25, 0.3) is 0 Å². The summed E-state index contributed by atoms with van der Waals surface area (Å²) in [7, 11) is 0. The van der Waals surface area contributed by atoms with Crippen molar-refractivity contribution in [3.63, 3.8) is 0 Å². The molecule has 148 valence electrons. The first-order valence-electron chi connectivity index (χ1n) is 9.37. The normalized spacial score (nSPS) is 16.6. The van der Waals surface area contributed by atoms with Gasteiger partial charge in [-0.05, 0) is 68.3 Å². The summed E-state index contributed by atoms with van der Waals surface area (Å²) in [6, 6.07) is 14.2. The lowest BCUT2D eigenvalue weighted by atomic mass is 10.2. The lowest BCUT2D eigenvalue weighted by Crippen LogP contribution is -2.36. The van der Waals surface area contributed by atoms with E-state index in [-0.39, 0.29) is 12.0 Å². The van der Waals surface area contributed by atoms with Crippen LogP contribution in [0.2, 0.25) is 5.02 Å². The summed E-state index contributed by atoms with van der Waals surface area (Å²) in [6.07, 6.45) is 2.11. The highest BCUT2D eigenvalue weighted by atomic mass is 35.5. The van der Waals surface area contributed by atoms with Gasteiger partial charge in [0.1, 0.15) is 5.75 Å². The molecule has 0 spiro atoms. The van der Waals surface area contributed by atoms with Gasteiger partial charge in [0.2, 0.25) is 5.96 Å². The zero-order chi connectivity index (χ0) is 19.8. The second kappa shape index (κ2) is 10.1. The van der Waals surface area contributed by atoms with Gasteiger partial charge in [0, 0.05) is 22.9 Å². The molecule has 0 aliphatic carbocycles. The Morgan fingerprint density at radius 3 is 2.61 bits per heavy atom. The predicted octanol–water partition coefficient (Wildman–Crippen LogP) is 4.12. The molecule has 0 saturated carbocycles. The zero-order valence-electron chi connectivity index (χ0n) is 15.8. The quantitative estimate of drug-likeness (QED) is 0.564. The molecule has 1 atom stereocenters. The number of rotatable bonds is 6. The number of carbonyl (C=O) groups is 1. The molecule has 0 unspecified atom stereocenters. The van der Waals surface area contributed by atoms with Gasteiger partial charge in [-0.15, -0.1) is 0 Å². The summed E-state index contributed by atoms with van der Waals surface area (Å²) in [5.41, 5.74) is 1.30. The van der Waals surface area contributed by atoms with E-state index in [1.807, 2.05) is 31.2 Å². The molecular formula is C21H24ClN3O3. The Kier molecular flexibility index (Phi) is 7.28. The van der Waals surface area contributed by atoms with Crippen molar-refractivity contribution >= 4 is 29.2 Å². The maximum Gasteiger partial charge on any atom is 0.257 e. The Hall–Kier alpha value is -2.57. The highest BCUT2D eigenvalue weighted by molar-refractivity contribution is 6.30. The summed E-state index contributed by atoms with van der Waals surface area (Å²) in [4.78, 5) is 17.1. The maximum atomic E-state index is 12.6. The Balaban J connectivity index is 1.71. The third-order valence-corrected chi connectivity index (χ3v) is 4.50. The van der Waals surface area contributed by atoms with Crippen molar-refractivity contribution in [2.24, 2.45) is 4.99 Å². The highest BCUT2D eigenvalue weighted by Crippen LogP contribution is 2.16. The molecule has 1 amide bonds. The first kappa shape index (κ1) is 20.2. The minimum atomic E-state index is -0.263. The third-order valence-electron chi connectivity index (χ3n) is 4.24. The second-order valence-corrected chi connectivity index (χ2v) is 6.80. The van der Waals surface area contributed by atoms with Crippen molar-refractivity contribution in [2.45, 2.75) is 25.9 Å². The summed E-state index contributed by atoms with van der Waals surface area (Å²) < 4.78 is 11.1. The van der Waals surface area contributed by atoms with Gasteiger partial charge < -0.3 is 14.8 Å². The molecule has 28 heavy (non-hydrogen) atoms. The van der Waals surface area contributed by atoms with E-state index in [1.54, 1.807) is 24.3 Å². The van der Waals surface area contributed by atoms with Crippen molar-refractivity contribution in [2.75, 3.05) is 25.1 Å². The van der Waals surface area contributed by atoms with Crippen LogP contribution in [0.15, 0.2) is 53.5 Å². The van der Waals surface area contributed by atoms with Crippen molar-refractivity contribution in [3.05, 3.63) is 59.1 Å². The van der Waals surface area contributed by atoms with Crippen molar-refractivity contribution in [3.8, 4) is 5.75 Å². The average molecular weight is 402 g/mol. The minimum Gasteiger partial charge on any atom is -0.494 e. The zero-order valence-corrected chi connectivity index (χ0v) is 16.5. The Morgan fingerprint density at radius 2 is 1.96 bits per heavy atom. The van der Waals surface area contributed by atoms with Gasteiger partial charge in [0.25, 0.3) is 5.91 Å². The van der Waals surface area contributed by atoms with Gasteiger partial charge in [-0.1, -0.05) is 11.6 Å². The molecule has 1 fully saturated rings. The van der Waals surface area contributed by atoms with Crippen LogP contribution >= 0.6 is 11.6 Å². The number of carbonyl (C=O) groups excluding carboxylic acids is 1. The second-order valence-electron chi connectivity index (χ2n) is 6.37. The number of hydrogen-bond donors (Lipinski definition) is 2. The largest absolute Gasteiger partial charge is 0.494 e. The summed E-state index contributed by atoms with van der Waals surface area (Å²) in [5.74, 6) is 0.900. The van der Waals surface area contributed by atoms with Crippen molar-refractivity contribution in [1.82, 2.24) is 5.32 Å². The average Bonchev–Trinajstić information content (AvgIpc) is 3.22. The summed E-state index contributed by atoms with van der Waals surface area (Å²) in [6.45, 7) is 3.80. The van der Waals surface area contributed by atoms with E-state index < -0.39 is 0 Å². The Bertz CT molecular complexity index is 801. The topological polar surface area (TPSA) is 71.9 Å². The molecular weight excluding hydrogens is 378 g/mol. The molecule has 1 aliphatic heterocycles. The van der Waals surface area contributed by atoms with E-state index >= 15 is 0 Å². The number of guanidine groups is 1. The van der Waals surface area contributed by atoms with E-state index in [4.69, 9.17) is 21.1 Å². The summed E-state index contributed by atoms with van der Waals surface area (Å²) in [5, 5.41) is 6.58. The molecule has 7 heteroatoms. The number of benzene rings is 2. The van der Waals surface area contributed by atoms with E-state index in [0.717, 1.165) is 30.9 Å². The maximum absolute atomic E-state index is 12.6. The predicted molar refractivity (Wildman–Crippen MR) is 111 cm³/mol. The Labute approximate surface area is 169 Å². The molecule has 1 aliphatic rings. The van der Waals surface area contributed by atoms with Crippen LogP contribution in [-0.2, 0) is 4.74 Å². The third kappa shape index (κ3) is 5.97. The monoisotopic (exact) mass is 401 g/mol. The molecule has 2 N–H and O–H groups in total. The SMILES string of the molecule is CCOc1ccc(NC(=NC[C@H]2CCCO2)NC(=O)c2ccc(Cl)cc2)cc1. The van der Waals surface area contributed by atoms with Gasteiger partial charge in [-0.3, -0.25) is 10.1 Å². The van der Waals surface area contributed by atoms with Gasteiger partial charge in [-0.2, -0.15) is 0 Å². The van der Waals surface area contributed by atoms with E-state index in [9.17, 15) is 4.79 Å². The first-order chi connectivity index (χ1) is 13.6. The van der Waals surface area contributed by atoms with Crippen molar-refractivity contribution in [1.29, 1.82) is 0 Å². The molecule has 3 rings (SSSR count). The Morgan fingerprint density at radius 1 is 1.21 bits per heavy atom. The number of anilines is 1. The van der Waals surface area contributed by atoms with E-state index in [2.05, 4.69) is 15.6 Å². The van der Waals surface area contributed by atoms with Crippen LogP contribution in [0.1, 0.15) is 30.1 Å². The van der Waals surface area contributed by atoms with Crippen LogP contribution in [-0.4, -0.2) is 37.7 Å². The number of amides is 1. The molecule has 0 aromatic heterocycles. The van der Waals surface area contributed by atoms with Gasteiger partial charge in [0.15, 0.2) is 0 Å². The molecule has 1 saturated heterocycles. The molecule has 0 radical (unpaired) electrons. The molecule has 2 aromatic carbocycles. The van der Waals surface area contributed by atoms with Gasteiger partial charge >= 0.3 is 0 Å². The molecule has 0 bridgehead atoms. The van der Waals surface area contributed by atoms with Crippen LogP contribution in [0.4, 0.5) is 5.69 Å². The highest BCUT2D eigenvalue weighted by Gasteiger charge is 2.16. The fraction of sp³-hybridized carbons (Fsp3) is 0.333. The number of nitrogens with zero attached hydrogens (tertiary/aromatic N) is 1. The number of halogens is 1. The van der Waals surface area contributed by atoms with Crippen LogP contribution in [0.5, 0.6) is 5.75 Å². The fourth-order valence-electron chi connectivity index (χ4n) is 2.81. The van der Waals surface area contributed by atoms with Gasteiger partial charge in [0.05, 0.1) is 19.3 Å². The number of hydrogen-bond acceptors (Lipinski definition) is 4. The number of aliphatic imine (C=N–C) groups is 1. The van der Waals surface area contributed by atoms with E-state index in [0.29, 0.717) is 29.7 Å². The lowest BCUT2D eigenvalue weighted by molar-refractivity contribution is 0.0975. The smallest absolute Gasteiger partial charge is 0.257 e. The van der Waals surface area contributed by atoms with Crippen LogP contribution in [0, 0.1) is 0 Å². The molecule has 6 nitrogen and oxygen atoms in total. The van der Waals surface area contributed by atoms with Crippen molar-refractivity contribution < 1.29 is 14.3 Å². The fourth-order valence-corrected chi connectivity index (χ4v) is 2.94. The van der Waals surface area contributed by atoms with Crippen LogP contribution in [0.3, 0.4) is 0 Å². The standard InChI is InChI=1S/C21H24ClN3O3/c1-2-27-18-11-9-17(10-12-18)24-21(23-14-19-4-3-13-28-19)25-20(26)15-5-7-16(22)8-6-15/h5-12,19H,2-4,13-14H2,1H3,(H2,23,24,25,26)/t19-/m1/s1. The van der Waals surface area contributed by atoms with Crippen LogP contribution < -0.4 is 15.4 Å². The number of nitrogens with one attached hydrogen (secondary N) is 2. The number of ether oxygens (including phenoxy) is 2. The summed E-state index contributed by atoms with van der Waals surface area (Å²) >= 11 is 5.90. The minimum absolute atomic E-state index is 0.0876. The first-order valence-corrected chi connectivity index (χ1v) is 9.74.